The highest BCUT2D eigenvalue weighted by Gasteiger charge is 1.96. The summed E-state index contributed by atoms with van der Waals surface area (Å²) in [5.41, 5.74) is 0. The molecule has 0 aliphatic carbocycles. The second-order valence-electron chi connectivity index (χ2n) is 1.70. The summed E-state index contributed by atoms with van der Waals surface area (Å²) < 4.78 is 0. The van der Waals surface area contributed by atoms with E-state index in [1.165, 1.54) is 0 Å². The molecule has 0 saturated carbocycles. The van der Waals surface area contributed by atoms with Crippen LogP contribution in [0.3, 0.4) is 0 Å². The first-order valence-electron chi connectivity index (χ1n) is 3.08. The lowest BCUT2D eigenvalue weighted by Gasteiger charge is -2.16. The molecule has 0 atom stereocenters. The maximum Gasteiger partial charge on any atom is 0.0897 e. The predicted octanol–water partition coefficient (Wildman–Crippen LogP) is 1.13. The fraction of sp³-hybridized carbons (Fsp3) is 0.429. The first kappa shape index (κ1) is 6.36. The monoisotopic (exact) mass is 124 g/mol. The molecule has 0 aromatic rings. The summed E-state index contributed by atoms with van der Waals surface area (Å²) in [5, 5.41) is 1.68. The Hall–Kier alpha value is -0.760. The molecule has 0 amide bonds. The number of hydroxylamine groups is 2. The summed E-state index contributed by atoms with van der Waals surface area (Å²) in [6.07, 6.45) is 8.73. The predicted molar refractivity (Wildman–Crippen MR) is 35.3 cm³/mol. The fourth-order valence-electron chi connectivity index (χ4n) is 0.649. The molecule has 0 spiro atoms. The van der Waals surface area contributed by atoms with Crippen molar-refractivity contribution in [3.63, 3.8) is 0 Å². The highest BCUT2D eigenvalue weighted by atomic mass is 16.7. The SMILES string of the molecule is CCON1[C]=CC=CC1. The van der Waals surface area contributed by atoms with Gasteiger partial charge in [0.05, 0.1) is 19.4 Å². The van der Waals surface area contributed by atoms with Crippen molar-refractivity contribution in [2.45, 2.75) is 6.92 Å². The van der Waals surface area contributed by atoms with E-state index in [0.717, 1.165) is 6.54 Å². The van der Waals surface area contributed by atoms with Gasteiger partial charge in [-0.05, 0) is 13.0 Å². The van der Waals surface area contributed by atoms with Crippen LogP contribution in [0.25, 0.3) is 0 Å². The van der Waals surface area contributed by atoms with Crippen LogP contribution in [-0.2, 0) is 4.84 Å². The number of nitrogens with zero attached hydrogens (tertiary/aromatic N) is 1. The number of allylic oxidation sites excluding steroid dienone is 2. The molecule has 1 radical (unpaired) electrons. The van der Waals surface area contributed by atoms with Crippen molar-refractivity contribution in [3.8, 4) is 0 Å². The Balaban J connectivity index is 2.28. The minimum atomic E-state index is 0.703. The van der Waals surface area contributed by atoms with Gasteiger partial charge in [-0.15, -0.1) is 0 Å². The summed E-state index contributed by atoms with van der Waals surface area (Å²) in [4.78, 5) is 5.12. The summed E-state index contributed by atoms with van der Waals surface area (Å²) in [6, 6.07) is 0. The van der Waals surface area contributed by atoms with Gasteiger partial charge >= 0.3 is 0 Å². The molecule has 0 aromatic heterocycles. The van der Waals surface area contributed by atoms with Crippen LogP contribution in [0.4, 0.5) is 0 Å². The van der Waals surface area contributed by atoms with E-state index in [2.05, 4.69) is 6.20 Å². The molecule has 0 unspecified atom stereocenters. The lowest BCUT2D eigenvalue weighted by atomic mass is 10.4. The van der Waals surface area contributed by atoms with Crippen LogP contribution in [0.2, 0.25) is 0 Å². The van der Waals surface area contributed by atoms with Gasteiger partial charge in [0.2, 0.25) is 0 Å². The molecule has 0 bridgehead atoms. The van der Waals surface area contributed by atoms with E-state index in [1.807, 2.05) is 25.2 Å². The molecule has 0 N–H and O–H groups in total. The normalized spacial score (nSPS) is 16.8. The van der Waals surface area contributed by atoms with Gasteiger partial charge in [-0.2, -0.15) is 0 Å². The molecular weight excluding hydrogens is 114 g/mol. The molecule has 1 heterocycles. The molecule has 2 nitrogen and oxygen atoms in total. The second-order valence-corrected chi connectivity index (χ2v) is 1.70. The zero-order chi connectivity index (χ0) is 6.53. The first-order chi connectivity index (χ1) is 4.43. The standard InChI is InChI=1S/C7H10NO/c1-2-9-8-6-4-3-5-7-8/h3-5H,2,6H2,1H3. The minimum Gasteiger partial charge on any atom is -0.273 e. The third kappa shape index (κ3) is 1.90. The lowest BCUT2D eigenvalue weighted by Crippen LogP contribution is -2.19. The largest absolute Gasteiger partial charge is 0.273 e. The zero-order valence-corrected chi connectivity index (χ0v) is 5.50. The van der Waals surface area contributed by atoms with E-state index in [0.29, 0.717) is 6.61 Å². The maximum absolute atomic E-state index is 5.12. The summed E-state index contributed by atoms with van der Waals surface area (Å²) in [5.74, 6) is 0. The smallest absolute Gasteiger partial charge is 0.0897 e. The molecule has 49 valence electrons. The van der Waals surface area contributed by atoms with Crippen molar-refractivity contribution in [1.82, 2.24) is 5.06 Å². The van der Waals surface area contributed by atoms with Gasteiger partial charge in [0.1, 0.15) is 0 Å². The molecule has 1 rings (SSSR count). The van der Waals surface area contributed by atoms with E-state index in [1.54, 1.807) is 5.06 Å². The topological polar surface area (TPSA) is 12.5 Å². The van der Waals surface area contributed by atoms with Crippen molar-refractivity contribution in [3.05, 3.63) is 24.4 Å². The molecule has 0 saturated heterocycles. The van der Waals surface area contributed by atoms with Gasteiger partial charge in [-0.1, -0.05) is 12.2 Å². The third-order valence-corrected chi connectivity index (χ3v) is 1.01. The quantitative estimate of drug-likeness (QED) is 0.547. The third-order valence-electron chi connectivity index (χ3n) is 1.01. The molecule has 0 aromatic carbocycles. The van der Waals surface area contributed by atoms with Crippen molar-refractivity contribution in [1.29, 1.82) is 0 Å². The zero-order valence-electron chi connectivity index (χ0n) is 5.50. The van der Waals surface area contributed by atoms with Gasteiger partial charge < -0.3 is 0 Å². The Kier molecular flexibility index (Phi) is 2.33. The van der Waals surface area contributed by atoms with Gasteiger partial charge in [0.15, 0.2) is 0 Å². The van der Waals surface area contributed by atoms with Crippen LogP contribution in [0.15, 0.2) is 18.2 Å². The highest BCUT2D eigenvalue weighted by Crippen LogP contribution is 1.96. The van der Waals surface area contributed by atoms with Crippen LogP contribution in [-0.4, -0.2) is 18.2 Å². The number of hydrogen-bond donors (Lipinski definition) is 0. The fourth-order valence-corrected chi connectivity index (χ4v) is 0.649. The second kappa shape index (κ2) is 3.30. The van der Waals surface area contributed by atoms with Crippen LogP contribution < -0.4 is 0 Å². The maximum atomic E-state index is 5.12. The molecule has 1 aliphatic rings. The van der Waals surface area contributed by atoms with Gasteiger partial charge in [0.25, 0.3) is 0 Å². The van der Waals surface area contributed by atoms with Crippen LogP contribution in [0.1, 0.15) is 6.92 Å². The summed E-state index contributed by atoms with van der Waals surface area (Å²) in [6.45, 7) is 3.47. The molecule has 1 aliphatic heterocycles. The van der Waals surface area contributed by atoms with Crippen molar-refractivity contribution in [2.75, 3.05) is 13.2 Å². The van der Waals surface area contributed by atoms with Gasteiger partial charge in [0, 0.05) is 0 Å². The van der Waals surface area contributed by atoms with E-state index >= 15 is 0 Å². The van der Waals surface area contributed by atoms with E-state index < -0.39 is 0 Å². The Morgan fingerprint density at radius 3 is 3.22 bits per heavy atom. The van der Waals surface area contributed by atoms with Crippen LogP contribution >= 0.6 is 0 Å². The van der Waals surface area contributed by atoms with Crippen molar-refractivity contribution in [2.24, 2.45) is 0 Å². The minimum absolute atomic E-state index is 0.703. The Labute approximate surface area is 55.4 Å². The Bertz CT molecular complexity index is 129. The lowest BCUT2D eigenvalue weighted by molar-refractivity contribution is -0.115. The number of hydrogen-bond acceptors (Lipinski definition) is 2. The Morgan fingerprint density at radius 2 is 2.67 bits per heavy atom. The van der Waals surface area contributed by atoms with E-state index in [4.69, 9.17) is 4.84 Å². The summed E-state index contributed by atoms with van der Waals surface area (Å²) >= 11 is 0. The Morgan fingerprint density at radius 1 is 1.78 bits per heavy atom. The van der Waals surface area contributed by atoms with Crippen molar-refractivity contribution < 1.29 is 4.84 Å². The molecular formula is C7H10NO. The average Bonchev–Trinajstić information content (AvgIpc) is 1.91. The van der Waals surface area contributed by atoms with E-state index in [9.17, 15) is 0 Å². The number of rotatable bonds is 2. The highest BCUT2D eigenvalue weighted by molar-refractivity contribution is 5.03. The van der Waals surface area contributed by atoms with Crippen LogP contribution in [0, 0.1) is 6.20 Å². The first-order valence-corrected chi connectivity index (χ1v) is 3.08. The van der Waals surface area contributed by atoms with Gasteiger partial charge in [-0.25, -0.2) is 5.06 Å². The molecule has 9 heavy (non-hydrogen) atoms. The van der Waals surface area contributed by atoms with Crippen LogP contribution in [0.5, 0.6) is 0 Å². The average molecular weight is 124 g/mol. The van der Waals surface area contributed by atoms with Gasteiger partial charge in [-0.3, -0.25) is 4.84 Å². The molecule has 0 fully saturated rings. The van der Waals surface area contributed by atoms with E-state index in [-0.39, 0.29) is 0 Å². The summed E-state index contributed by atoms with van der Waals surface area (Å²) in [7, 11) is 0. The van der Waals surface area contributed by atoms with Crippen molar-refractivity contribution >= 4 is 0 Å². The molecule has 2 heteroatoms.